The first-order valence-electron chi connectivity index (χ1n) is 9.30. The molecule has 2 aromatic rings. The van der Waals surface area contributed by atoms with E-state index < -0.39 is 0 Å². The molecule has 0 spiro atoms. The fourth-order valence-electron chi connectivity index (χ4n) is 3.14. The van der Waals surface area contributed by atoms with Gasteiger partial charge in [-0.1, -0.05) is 12.0 Å². The van der Waals surface area contributed by atoms with Crippen LogP contribution in [0.25, 0.3) is 0 Å². The molecule has 0 atom stereocenters. The molecule has 2 heterocycles. The summed E-state index contributed by atoms with van der Waals surface area (Å²) in [4.78, 5) is 18.8. The zero-order valence-electron chi connectivity index (χ0n) is 16.4. The van der Waals surface area contributed by atoms with E-state index in [-0.39, 0.29) is 36.4 Å². The minimum atomic E-state index is -0.148. The molecule has 1 aliphatic heterocycles. The number of benzene rings is 1. The molecule has 1 fully saturated rings. The summed E-state index contributed by atoms with van der Waals surface area (Å²) in [5.74, 6) is 3.05. The highest BCUT2D eigenvalue weighted by Crippen LogP contribution is 2.24. The van der Waals surface area contributed by atoms with Crippen molar-refractivity contribution in [2.75, 3.05) is 36.9 Å². The Morgan fingerprint density at radius 1 is 1.31 bits per heavy atom. The van der Waals surface area contributed by atoms with E-state index in [0.717, 1.165) is 31.5 Å². The number of amides is 1. The van der Waals surface area contributed by atoms with Crippen LogP contribution in [0.5, 0.6) is 0 Å². The lowest BCUT2D eigenvalue weighted by molar-refractivity contribution is -0.115. The molecule has 0 aliphatic carbocycles. The van der Waals surface area contributed by atoms with Gasteiger partial charge in [0.1, 0.15) is 0 Å². The number of nitrogens with zero attached hydrogens (tertiary/aromatic N) is 2. The fourth-order valence-corrected chi connectivity index (χ4v) is 3.92. The summed E-state index contributed by atoms with van der Waals surface area (Å²) in [6.45, 7) is 2.16. The lowest BCUT2D eigenvalue weighted by atomic mass is 10.1. The van der Waals surface area contributed by atoms with Crippen LogP contribution >= 0.6 is 35.3 Å². The summed E-state index contributed by atoms with van der Waals surface area (Å²) in [7, 11) is 1.71. The van der Waals surface area contributed by atoms with Crippen molar-refractivity contribution in [1.82, 2.24) is 10.6 Å². The Morgan fingerprint density at radius 3 is 2.76 bits per heavy atom. The minimum absolute atomic E-state index is 0. The Hall–Kier alpha value is -2.25. The molecule has 0 saturated carbocycles. The number of rotatable bonds is 5. The Balaban J connectivity index is 0.00000300. The van der Waals surface area contributed by atoms with Gasteiger partial charge in [-0.05, 0) is 48.6 Å². The number of nitrogens with one attached hydrogen (secondary N) is 3. The van der Waals surface area contributed by atoms with Crippen LogP contribution in [0.3, 0.4) is 0 Å². The van der Waals surface area contributed by atoms with E-state index >= 15 is 0 Å². The van der Waals surface area contributed by atoms with Gasteiger partial charge in [-0.15, -0.1) is 41.7 Å². The van der Waals surface area contributed by atoms with E-state index in [9.17, 15) is 4.79 Å². The molecule has 1 aliphatic rings. The first-order chi connectivity index (χ1) is 13.7. The van der Waals surface area contributed by atoms with Crippen LogP contribution in [-0.4, -0.2) is 44.6 Å². The second kappa shape index (κ2) is 11.7. The molecule has 1 aromatic carbocycles. The molecule has 0 bridgehead atoms. The van der Waals surface area contributed by atoms with E-state index in [1.807, 2.05) is 18.2 Å². The molecule has 8 heteroatoms. The smallest absolute Gasteiger partial charge is 0.243 e. The first-order valence-corrected chi connectivity index (χ1v) is 10.2. The largest absolute Gasteiger partial charge is 0.363 e. The van der Waals surface area contributed by atoms with E-state index in [1.54, 1.807) is 24.5 Å². The average Bonchev–Trinajstić information content (AvgIpc) is 3.26. The van der Waals surface area contributed by atoms with E-state index in [2.05, 4.69) is 49.3 Å². The number of carbonyl (C=O) groups excluding carboxylic acids is 1. The minimum Gasteiger partial charge on any atom is -0.363 e. The van der Waals surface area contributed by atoms with Crippen LogP contribution in [0.2, 0.25) is 0 Å². The normalized spacial score (nSPS) is 14.5. The van der Waals surface area contributed by atoms with Gasteiger partial charge in [0.15, 0.2) is 5.96 Å². The molecule has 154 valence electrons. The number of halogens is 1. The van der Waals surface area contributed by atoms with Crippen molar-refractivity contribution in [3.05, 3.63) is 47.3 Å². The number of hydrogen-bond acceptors (Lipinski definition) is 4. The number of anilines is 2. The predicted octanol–water partition coefficient (Wildman–Crippen LogP) is 3.12. The third-order valence-corrected chi connectivity index (χ3v) is 5.54. The lowest BCUT2D eigenvalue weighted by Crippen LogP contribution is -2.49. The van der Waals surface area contributed by atoms with Gasteiger partial charge < -0.3 is 20.9 Å². The van der Waals surface area contributed by atoms with Crippen molar-refractivity contribution >= 4 is 57.9 Å². The summed E-state index contributed by atoms with van der Waals surface area (Å²) >= 11 is 1.78. The third kappa shape index (κ3) is 6.94. The van der Waals surface area contributed by atoms with Gasteiger partial charge in [0.2, 0.25) is 5.91 Å². The van der Waals surface area contributed by atoms with Crippen molar-refractivity contribution in [1.29, 1.82) is 0 Å². The van der Waals surface area contributed by atoms with Crippen LogP contribution < -0.4 is 20.9 Å². The predicted molar refractivity (Wildman–Crippen MR) is 132 cm³/mol. The van der Waals surface area contributed by atoms with Gasteiger partial charge in [0.05, 0.1) is 11.5 Å². The SMILES string of the molecule is C#Cc1cccc(NC(=O)CNC(=NC)NC2CCN(c3cccs3)CC2)c1.I. The van der Waals surface area contributed by atoms with Gasteiger partial charge in [-0.2, -0.15) is 0 Å². The Morgan fingerprint density at radius 2 is 2.10 bits per heavy atom. The fraction of sp³-hybridized carbons (Fsp3) is 0.333. The van der Waals surface area contributed by atoms with E-state index in [1.165, 1.54) is 5.00 Å². The van der Waals surface area contributed by atoms with Crippen LogP contribution in [0.4, 0.5) is 10.7 Å². The number of carbonyl (C=O) groups is 1. The Bertz CT molecular complexity index is 854. The van der Waals surface area contributed by atoms with Crippen molar-refractivity contribution in [3.8, 4) is 12.3 Å². The molecule has 6 nitrogen and oxygen atoms in total. The zero-order chi connectivity index (χ0) is 19.8. The number of aliphatic imine (C=N–C) groups is 1. The average molecular weight is 523 g/mol. The molecule has 1 amide bonds. The van der Waals surface area contributed by atoms with E-state index in [4.69, 9.17) is 6.42 Å². The van der Waals surface area contributed by atoms with Gasteiger partial charge in [0.25, 0.3) is 0 Å². The maximum atomic E-state index is 12.2. The zero-order valence-corrected chi connectivity index (χ0v) is 19.5. The molecule has 29 heavy (non-hydrogen) atoms. The van der Waals surface area contributed by atoms with Crippen LogP contribution in [0.1, 0.15) is 18.4 Å². The topological polar surface area (TPSA) is 68.8 Å². The maximum Gasteiger partial charge on any atom is 0.243 e. The van der Waals surface area contributed by atoms with Crippen LogP contribution in [0.15, 0.2) is 46.8 Å². The molecule has 3 N–H and O–H groups in total. The summed E-state index contributed by atoms with van der Waals surface area (Å²) < 4.78 is 0. The maximum absolute atomic E-state index is 12.2. The van der Waals surface area contributed by atoms with Gasteiger partial charge in [-0.3, -0.25) is 9.79 Å². The second-order valence-corrected chi connectivity index (χ2v) is 7.48. The summed E-state index contributed by atoms with van der Waals surface area (Å²) in [5.41, 5.74) is 1.42. The summed E-state index contributed by atoms with van der Waals surface area (Å²) in [6.07, 6.45) is 7.45. The molecule has 0 unspecified atom stereocenters. The number of terminal acetylenes is 1. The number of thiophene rings is 1. The highest BCUT2D eigenvalue weighted by molar-refractivity contribution is 14.0. The summed E-state index contributed by atoms with van der Waals surface area (Å²) in [6, 6.07) is 11.8. The molecule has 1 saturated heterocycles. The molecule has 1 aromatic heterocycles. The number of hydrogen-bond donors (Lipinski definition) is 3. The Kier molecular flexibility index (Phi) is 9.28. The highest BCUT2D eigenvalue weighted by Gasteiger charge is 2.20. The van der Waals surface area contributed by atoms with Crippen LogP contribution in [0, 0.1) is 12.3 Å². The molecule has 3 rings (SSSR count). The number of guanidine groups is 1. The molecule has 0 radical (unpaired) electrons. The van der Waals surface area contributed by atoms with Gasteiger partial charge >= 0.3 is 0 Å². The highest BCUT2D eigenvalue weighted by atomic mass is 127. The quantitative estimate of drug-likeness (QED) is 0.244. The monoisotopic (exact) mass is 523 g/mol. The van der Waals surface area contributed by atoms with Crippen molar-refractivity contribution < 1.29 is 4.79 Å². The first kappa shape index (κ1) is 23.0. The van der Waals surface area contributed by atoms with Gasteiger partial charge in [-0.25, -0.2) is 0 Å². The van der Waals surface area contributed by atoms with E-state index in [0.29, 0.717) is 17.7 Å². The Labute approximate surface area is 193 Å². The van der Waals surface area contributed by atoms with Crippen molar-refractivity contribution in [2.45, 2.75) is 18.9 Å². The van der Waals surface area contributed by atoms with Crippen molar-refractivity contribution in [2.24, 2.45) is 4.99 Å². The van der Waals surface area contributed by atoms with Crippen molar-refractivity contribution in [3.63, 3.8) is 0 Å². The lowest BCUT2D eigenvalue weighted by Gasteiger charge is -2.33. The number of piperidine rings is 1. The van der Waals surface area contributed by atoms with Gasteiger partial charge in [0, 0.05) is 37.4 Å². The molecular weight excluding hydrogens is 497 g/mol. The standard InChI is InChI=1S/C21H25N5OS.HI/c1-3-16-6-4-7-18(14-16)24-19(27)15-23-21(22-2)25-17-9-11-26(12-10-17)20-8-5-13-28-20;/h1,4-8,13-14,17H,9-12,15H2,2H3,(H,24,27)(H2,22,23,25);1H. The van der Waals surface area contributed by atoms with Crippen LogP contribution in [-0.2, 0) is 4.79 Å². The third-order valence-electron chi connectivity index (χ3n) is 4.61. The summed E-state index contributed by atoms with van der Waals surface area (Å²) in [5, 5.41) is 12.8. The second-order valence-electron chi connectivity index (χ2n) is 6.56. The molecular formula is C21H26IN5OS.